The maximum atomic E-state index is 11.2. The van der Waals surface area contributed by atoms with E-state index < -0.39 is 0 Å². The molecule has 1 aromatic rings. The Labute approximate surface area is 114 Å². The lowest BCUT2D eigenvalue weighted by Crippen LogP contribution is -2.40. The van der Waals surface area contributed by atoms with Crippen LogP contribution in [0, 0.1) is 5.92 Å². The van der Waals surface area contributed by atoms with Gasteiger partial charge in [0.05, 0.1) is 13.7 Å². The number of hydrogen-bond donors (Lipinski definition) is 1. The molecule has 2 N–H and O–H groups in total. The average Bonchev–Trinajstić information content (AvgIpc) is 3.22. The van der Waals surface area contributed by atoms with Gasteiger partial charge in [-0.2, -0.15) is 0 Å². The molecule has 1 aliphatic rings. The van der Waals surface area contributed by atoms with Crippen LogP contribution in [0.2, 0.25) is 0 Å². The number of methoxy groups -OCH3 is 1. The van der Waals surface area contributed by atoms with Crippen LogP contribution in [0.3, 0.4) is 0 Å². The molecule has 0 unspecified atom stereocenters. The van der Waals surface area contributed by atoms with E-state index in [0.717, 1.165) is 18.2 Å². The van der Waals surface area contributed by atoms with Crippen LogP contribution < -0.4 is 10.5 Å². The summed E-state index contributed by atoms with van der Waals surface area (Å²) in [6.45, 7) is 3.26. The monoisotopic (exact) mass is 262 g/mol. The normalized spacial score (nSPS) is 16.4. The Morgan fingerprint density at radius 2 is 2.05 bits per heavy atom. The third-order valence-electron chi connectivity index (χ3n) is 3.78. The van der Waals surface area contributed by atoms with E-state index in [9.17, 15) is 4.79 Å². The molecule has 1 amide bonds. The van der Waals surface area contributed by atoms with Gasteiger partial charge in [0, 0.05) is 12.6 Å². The zero-order valence-corrected chi connectivity index (χ0v) is 11.6. The molecular formula is C15H22N2O2. The number of amides is 1. The molecule has 0 aliphatic heterocycles. The van der Waals surface area contributed by atoms with Crippen molar-refractivity contribution >= 4 is 5.91 Å². The molecule has 0 aromatic heterocycles. The lowest BCUT2D eigenvalue weighted by atomic mass is 10.1. The Kier molecular flexibility index (Phi) is 4.43. The predicted molar refractivity (Wildman–Crippen MR) is 74.8 cm³/mol. The van der Waals surface area contributed by atoms with E-state index in [4.69, 9.17) is 10.5 Å². The minimum absolute atomic E-state index is 0.263. The van der Waals surface area contributed by atoms with Gasteiger partial charge in [0.2, 0.25) is 5.91 Å². The summed E-state index contributed by atoms with van der Waals surface area (Å²) in [5.41, 5.74) is 6.53. The van der Waals surface area contributed by atoms with Crippen LogP contribution in [0.25, 0.3) is 0 Å². The molecule has 0 heterocycles. The van der Waals surface area contributed by atoms with Gasteiger partial charge < -0.3 is 10.5 Å². The lowest BCUT2D eigenvalue weighted by molar-refractivity contribution is -0.119. The molecule has 2 rings (SSSR count). The number of hydrogen-bond acceptors (Lipinski definition) is 3. The van der Waals surface area contributed by atoms with Crippen molar-refractivity contribution in [3.8, 4) is 5.75 Å². The number of carbonyl (C=O) groups excluding carboxylic acids is 1. The Bertz CT molecular complexity index is 426. The van der Waals surface area contributed by atoms with Crippen LogP contribution in [0.1, 0.15) is 25.3 Å². The van der Waals surface area contributed by atoms with Crippen molar-refractivity contribution < 1.29 is 9.53 Å². The van der Waals surface area contributed by atoms with E-state index in [1.807, 2.05) is 24.3 Å². The smallest absolute Gasteiger partial charge is 0.231 e. The van der Waals surface area contributed by atoms with Gasteiger partial charge in [-0.05, 0) is 43.4 Å². The largest absolute Gasteiger partial charge is 0.497 e. The average molecular weight is 262 g/mol. The highest BCUT2D eigenvalue weighted by atomic mass is 16.5. The molecule has 4 heteroatoms. The summed E-state index contributed by atoms with van der Waals surface area (Å²) in [6.07, 6.45) is 2.53. The van der Waals surface area contributed by atoms with E-state index >= 15 is 0 Å². The second-order valence-electron chi connectivity index (χ2n) is 5.30. The van der Waals surface area contributed by atoms with Gasteiger partial charge in [0.1, 0.15) is 5.75 Å². The topological polar surface area (TPSA) is 55.6 Å². The van der Waals surface area contributed by atoms with Crippen LogP contribution >= 0.6 is 0 Å². The quantitative estimate of drug-likeness (QED) is 0.815. The van der Waals surface area contributed by atoms with Gasteiger partial charge in [0.25, 0.3) is 0 Å². The van der Waals surface area contributed by atoms with Crippen LogP contribution in [-0.2, 0) is 11.3 Å². The Morgan fingerprint density at radius 1 is 1.42 bits per heavy atom. The summed E-state index contributed by atoms with van der Waals surface area (Å²) in [5, 5.41) is 0. The van der Waals surface area contributed by atoms with Crippen molar-refractivity contribution in [2.45, 2.75) is 32.4 Å². The number of primary amides is 1. The van der Waals surface area contributed by atoms with Crippen LogP contribution in [0.4, 0.5) is 0 Å². The first-order valence-electron chi connectivity index (χ1n) is 6.75. The zero-order chi connectivity index (χ0) is 13.8. The van der Waals surface area contributed by atoms with Crippen LogP contribution in [-0.4, -0.2) is 30.5 Å². The number of rotatable bonds is 7. The number of ether oxygens (including phenoxy) is 1. The van der Waals surface area contributed by atoms with Gasteiger partial charge in [-0.3, -0.25) is 9.69 Å². The first kappa shape index (κ1) is 13.9. The fraction of sp³-hybridized carbons (Fsp3) is 0.533. The molecule has 1 aliphatic carbocycles. The SMILES string of the molecule is COc1ccc(CN(CC(N)=O)[C@@H](C)C2CC2)cc1. The molecule has 1 atom stereocenters. The van der Waals surface area contributed by atoms with Gasteiger partial charge in [-0.25, -0.2) is 0 Å². The third kappa shape index (κ3) is 3.96. The molecule has 104 valence electrons. The number of nitrogens with two attached hydrogens (primary N) is 1. The number of nitrogens with zero attached hydrogens (tertiary/aromatic N) is 1. The molecule has 19 heavy (non-hydrogen) atoms. The van der Waals surface area contributed by atoms with E-state index in [-0.39, 0.29) is 5.91 Å². The fourth-order valence-electron chi connectivity index (χ4n) is 2.39. The fourth-order valence-corrected chi connectivity index (χ4v) is 2.39. The molecular weight excluding hydrogens is 240 g/mol. The standard InChI is InChI=1S/C15H22N2O2/c1-11(13-5-6-13)17(10-15(16)18)9-12-3-7-14(19-2)8-4-12/h3-4,7-8,11,13H,5-6,9-10H2,1-2H3,(H2,16,18)/t11-/m0/s1. The number of carbonyl (C=O) groups is 1. The van der Waals surface area contributed by atoms with Crippen molar-refractivity contribution in [3.05, 3.63) is 29.8 Å². The van der Waals surface area contributed by atoms with Crippen LogP contribution in [0.5, 0.6) is 5.75 Å². The minimum atomic E-state index is -0.263. The molecule has 1 aromatic carbocycles. The lowest BCUT2D eigenvalue weighted by Gasteiger charge is -2.28. The molecule has 1 saturated carbocycles. The van der Waals surface area contributed by atoms with Crippen molar-refractivity contribution in [1.82, 2.24) is 4.90 Å². The highest BCUT2D eigenvalue weighted by Gasteiger charge is 2.32. The Balaban J connectivity index is 2.02. The summed E-state index contributed by atoms with van der Waals surface area (Å²) in [7, 11) is 1.66. The second-order valence-corrected chi connectivity index (χ2v) is 5.30. The van der Waals surface area contributed by atoms with Gasteiger partial charge in [-0.15, -0.1) is 0 Å². The predicted octanol–water partition coefficient (Wildman–Crippen LogP) is 1.78. The van der Waals surface area contributed by atoms with E-state index in [1.54, 1.807) is 7.11 Å². The molecule has 1 fully saturated rings. The van der Waals surface area contributed by atoms with E-state index in [2.05, 4.69) is 11.8 Å². The molecule has 0 radical (unpaired) electrons. The summed E-state index contributed by atoms with van der Waals surface area (Å²) in [6, 6.07) is 8.37. The Hall–Kier alpha value is -1.55. The highest BCUT2D eigenvalue weighted by Crippen LogP contribution is 2.35. The number of benzene rings is 1. The Morgan fingerprint density at radius 3 is 2.53 bits per heavy atom. The maximum Gasteiger partial charge on any atom is 0.231 e. The zero-order valence-electron chi connectivity index (χ0n) is 11.6. The molecule has 0 bridgehead atoms. The second kappa shape index (κ2) is 6.06. The molecule has 0 spiro atoms. The first-order chi connectivity index (χ1) is 9.10. The summed E-state index contributed by atoms with van der Waals surface area (Å²) < 4.78 is 5.15. The minimum Gasteiger partial charge on any atom is -0.497 e. The first-order valence-corrected chi connectivity index (χ1v) is 6.75. The van der Waals surface area contributed by atoms with Gasteiger partial charge >= 0.3 is 0 Å². The van der Waals surface area contributed by atoms with E-state index in [0.29, 0.717) is 12.6 Å². The van der Waals surface area contributed by atoms with Crippen molar-refractivity contribution in [2.24, 2.45) is 11.7 Å². The van der Waals surface area contributed by atoms with Crippen molar-refractivity contribution in [3.63, 3.8) is 0 Å². The van der Waals surface area contributed by atoms with Crippen molar-refractivity contribution in [2.75, 3.05) is 13.7 Å². The van der Waals surface area contributed by atoms with Crippen molar-refractivity contribution in [1.29, 1.82) is 0 Å². The van der Waals surface area contributed by atoms with Crippen LogP contribution in [0.15, 0.2) is 24.3 Å². The summed E-state index contributed by atoms with van der Waals surface area (Å²) >= 11 is 0. The van der Waals surface area contributed by atoms with Gasteiger partial charge in [-0.1, -0.05) is 12.1 Å². The molecule has 0 saturated heterocycles. The highest BCUT2D eigenvalue weighted by molar-refractivity contribution is 5.76. The maximum absolute atomic E-state index is 11.2. The third-order valence-corrected chi connectivity index (χ3v) is 3.78. The van der Waals surface area contributed by atoms with E-state index in [1.165, 1.54) is 18.4 Å². The molecule has 4 nitrogen and oxygen atoms in total. The van der Waals surface area contributed by atoms with Gasteiger partial charge in [0.15, 0.2) is 0 Å². The summed E-state index contributed by atoms with van der Waals surface area (Å²) in [4.78, 5) is 13.4. The summed E-state index contributed by atoms with van der Waals surface area (Å²) in [5.74, 6) is 1.30.